The Hall–Kier alpha value is -1.62. The fourth-order valence-corrected chi connectivity index (χ4v) is 2.10. The van der Waals surface area contributed by atoms with Crippen LogP contribution in [0.15, 0.2) is 12.1 Å². The number of halogens is 2. The van der Waals surface area contributed by atoms with Crippen molar-refractivity contribution in [3.63, 3.8) is 0 Å². The number of fused-ring (bicyclic) bond motifs is 1. The minimum atomic E-state index is -0.403. The van der Waals surface area contributed by atoms with E-state index >= 15 is 0 Å². The van der Waals surface area contributed by atoms with Gasteiger partial charge in [0.05, 0.1) is 23.5 Å². The summed E-state index contributed by atoms with van der Waals surface area (Å²) >= 11 is 6.06. The van der Waals surface area contributed by atoms with Crippen molar-refractivity contribution in [2.45, 2.75) is 25.8 Å². The lowest BCUT2D eigenvalue weighted by molar-refractivity contribution is -0.141. The van der Waals surface area contributed by atoms with Crippen LogP contribution < -0.4 is 0 Å². The van der Waals surface area contributed by atoms with Gasteiger partial charge in [0.15, 0.2) is 0 Å². The molecule has 0 radical (unpaired) electrons. The first-order valence-corrected chi connectivity index (χ1v) is 6.25. The molecule has 0 aliphatic heterocycles. The second-order valence-corrected chi connectivity index (χ2v) is 4.99. The summed E-state index contributed by atoms with van der Waals surface area (Å²) in [6.45, 7) is 3.41. The number of alkyl halides is 1. The Morgan fingerprint density at radius 2 is 2.26 bits per heavy atom. The zero-order valence-electron chi connectivity index (χ0n) is 10.9. The van der Waals surface area contributed by atoms with Crippen LogP contribution in [-0.4, -0.2) is 22.6 Å². The molecule has 2 rings (SSSR count). The Labute approximate surface area is 115 Å². The van der Waals surface area contributed by atoms with E-state index in [1.165, 1.54) is 13.2 Å². The zero-order chi connectivity index (χ0) is 14.2. The van der Waals surface area contributed by atoms with Crippen molar-refractivity contribution in [2.24, 2.45) is 0 Å². The highest BCUT2D eigenvalue weighted by atomic mass is 35.5. The third-order valence-electron chi connectivity index (χ3n) is 2.93. The second-order valence-electron chi connectivity index (χ2n) is 4.34. The number of esters is 1. The van der Waals surface area contributed by atoms with Gasteiger partial charge in [-0.3, -0.25) is 4.79 Å². The first-order chi connectivity index (χ1) is 8.93. The molecule has 1 heterocycles. The summed E-state index contributed by atoms with van der Waals surface area (Å²) in [4.78, 5) is 15.7. The van der Waals surface area contributed by atoms with E-state index in [1.54, 1.807) is 24.5 Å². The molecule has 4 nitrogen and oxygen atoms in total. The van der Waals surface area contributed by atoms with Crippen molar-refractivity contribution in [1.29, 1.82) is 0 Å². The standard InChI is InChI=1S/C13H14ClFN2O2/c1-7-4-11-10(5-9(7)15)16-13(8(2)14)17(11)6-12(18)19-3/h4-5,8H,6H2,1-3H3. The quantitative estimate of drug-likeness (QED) is 0.643. The third-order valence-corrected chi connectivity index (χ3v) is 3.12. The van der Waals surface area contributed by atoms with Crippen LogP contribution >= 0.6 is 11.6 Å². The fourth-order valence-electron chi connectivity index (χ4n) is 1.93. The maximum absolute atomic E-state index is 13.5. The van der Waals surface area contributed by atoms with Crippen LogP contribution in [0.1, 0.15) is 23.7 Å². The number of benzene rings is 1. The molecule has 0 fully saturated rings. The maximum Gasteiger partial charge on any atom is 0.325 e. The number of aryl methyl sites for hydroxylation is 1. The molecule has 102 valence electrons. The average Bonchev–Trinajstić information content (AvgIpc) is 2.68. The van der Waals surface area contributed by atoms with Gasteiger partial charge in [-0.15, -0.1) is 11.6 Å². The van der Waals surface area contributed by atoms with E-state index in [9.17, 15) is 9.18 Å². The smallest absolute Gasteiger partial charge is 0.325 e. The largest absolute Gasteiger partial charge is 0.468 e. The number of imidazole rings is 1. The molecule has 0 spiro atoms. The van der Waals surface area contributed by atoms with Gasteiger partial charge >= 0.3 is 5.97 Å². The summed E-state index contributed by atoms with van der Waals surface area (Å²) in [6, 6.07) is 3.00. The summed E-state index contributed by atoms with van der Waals surface area (Å²) in [7, 11) is 1.32. The predicted octanol–water partition coefficient (Wildman–Crippen LogP) is 2.96. The summed E-state index contributed by atoms with van der Waals surface area (Å²) in [6.07, 6.45) is 0. The number of methoxy groups -OCH3 is 1. The highest BCUT2D eigenvalue weighted by Gasteiger charge is 2.18. The molecule has 6 heteroatoms. The fraction of sp³-hybridized carbons (Fsp3) is 0.385. The van der Waals surface area contributed by atoms with Crippen molar-refractivity contribution in [2.75, 3.05) is 7.11 Å². The number of rotatable bonds is 3. The van der Waals surface area contributed by atoms with Gasteiger partial charge in [0.1, 0.15) is 18.2 Å². The molecule has 0 bridgehead atoms. The highest BCUT2D eigenvalue weighted by Crippen LogP contribution is 2.26. The van der Waals surface area contributed by atoms with Crippen molar-refractivity contribution in [3.05, 3.63) is 29.3 Å². The van der Waals surface area contributed by atoms with E-state index in [1.807, 2.05) is 0 Å². The molecular formula is C13H14ClFN2O2. The Balaban J connectivity index is 2.65. The molecular weight excluding hydrogens is 271 g/mol. The van der Waals surface area contributed by atoms with Crippen LogP contribution in [0.4, 0.5) is 4.39 Å². The van der Waals surface area contributed by atoms with E-state index in [0.717, 1.165) is 0 Å². The van der Waals surface area contributed by atoms with Crippen LogP contribution in [0.2, 0.25) is 0 Å². The molecule has 2 aromatic rings. The SMILES string of the molecule is COC(=O)Cn1c(C(C)Cl)nc2cc(F)c(C)cc21. The Bertz CT molecular complexity index is 637. The number of ether oxygens (including phenoxy) is 1. The second kappa shape index (κ2) is 5.17. The van der Waals surface area contributed by atoms with Gasteiger partial charge in [0.25, 0.3) is 0 Å². The van der Waals surface area contributed by atoms with E-state index in [2.05, 4.69) is 9.72 Å². The molecule has 0 aliphatic rings. The van der Waals surface area contributed by atoms with Gasteiger partial charge in [-0.25, -0.2) is 9.37 Å². The normalized spacial score (nSPS) is 12.7. The first-order valence-electron chi connectivity index (χ1n) is 5.81. The van der Waals surface area contributed by atoms with Crippen LogP contribution in [-0.2, 0) is 16.1 Å². The lowest BCUT2D eigenvalue weighted by atomic mass is 10.2. The van der Waals surface area contributed by atoms with Crippen molar-refractivity contribution < 1.29 is 13.9 Å². The van der Waals surface area contributed by atoms with Crippen LogP contribution in [0.5, 0.6) is 0 Å². The molecule has 0 saturated heterocycles. The minimum absolute atomic E-state index is 0.00443. The lowest BCUT2D eigenvalue weighted by Gasteiger charge is -2.09. The van der Waals surface area contributed by atoms with Gasteiger partial charge in [-0.1, -0.05) is 0 Å². The zero-order valence-corrected chi connectivity index (χ0v) is 11.7. The molecule has 1 aromatic carbocycles. The Morgan fingerprint density at radius 1 is 1.58 bits per heavy atom. The third kappa shape index (κ3) is 2.56. The molecule has 0 aliphatic carbocycles. The number of hydrogen-bond donors (Lipinski definition) is 0. The van der Waals surface area contributed by atoms with Crippen molar-refractivity contribution >= 4 is 28.6 Å². The summed E-state index contributed by atoms with van der Waals surface area (Å²) in [5.41, 5.74) is 1.65. The van der Waals surface area contributed by atoms with Crippen molar-refractivity contribution in [3.8, 4) is 0 Å². The molecule has 19 heavy (non-hydrogen) atoms. The summed E-state index contributed by atoms with van der Waals surface area (Å²) < 4.78 is 19.9. The van der Waals surface area contributed by atoms with Gasteiger partial charge in [-0.05, 0) is 25.5 Å². The number of hydrogen-bond acceptors (Lipinski definition) is 3. The van der Waals surface area contributed by atoms with E-state index in [-0.39, 0.29) is 17.7 Å². The van der Waals surface area contributed by atoms with Crippen LogP contribution in [0, 0.1) is 12.7 Å². The molecule has 1 atom stereocenters. The molecule has 0 amide bonds. The molecule has 0 saturated carbocycles. The highest BCUT2D eigenvalue weighted by molar-refractivity contribution is 6.20. The predicted molar refractivity (Wildman–Crippen MR) is 70.7 cm³/mol. The van der Waals surface area contributed by atoms with E-state index in [0.29, 0.717) is 22.4 Å². The number of carbonyl (C=O) groups is 1. The molecule has 1 unspecified atom stereocenters. The first kappa shape index (κ1) is 13.8. The topological polar surface area (TPSA) is 44.1 Å². The number of carbonyl (C=O) groups excluding carboxylic acids is 1. The molecule has 0 N–H and O–H groups in total. The lowest BCUT2D eigenvalue weighted by Crippen LogP contribution is -2.14. The van der Waals surface area contributed by atoms with Crippen LogP contribution in [0.25, 0.3) is 11.0 Å². The number of nitrogens with zero attached hydrogens (tertiary/aromatic N) is 2. The van der Waals surface area contributed by atoms with E-state index < -0.39 is 5.97 Å². The van der Waals surface area contributed by atoms with Crippen LogP contribution in [0.3, 0.4) is 0 Å². The van der Waals surface area contributed by atoms with Crippen molar-refractivity contribution in [1.82, 2.24) is 9.55 Å². The Morgan fingerprint density at radius 3 is 2.84 bits per heavy atom. The summed E-state index contributed by atoms with van der Waals surface area (Å²) in [5, 5.41) is -0.388. The summed E-state index contributed by atoms with van der Waals surface area (Å²) in [5.74, 6) is -0.212. The van der Waals surface area contributed by atoms with Gasteiger partial charge < -0.3 is 9.30 Å². The molecule has 1 aromatic heterocycles. The van der Waals surface area contributed by atoms with Gasteiger partial charge in [-0.2, -0.15) is 0 Å². The van der Waals surface area contributed by atoms with Gasteiger partial charge in [0.2, 0.25) is 0 Å². The maximum atomic E-state index is 13.5. The van der Waals surface area contributed by atoms with E-state index in [4.69, 9.17) is 11.6 Å². The van der Waals surface area contributed by atoms with Gasteiger partial charge in [0, 0.05) is 6.07 Å². The Kier molecular flexibility index (Phi) is 3.75. The number of aromatic nitrogens is 2. The monoisotopic (exact) mass is 284 g/mol. The average molecular weight is 285 g/mol. The minimum Gasteiger partial charge on any atom is -0.468 e.